The fourth-order valence-electron chi connectivity index (χ4n) is 4.05. The minimum absolute atomic E-state index is 0.00760. The van der Waals surface area contributed by atoms with Gasteiger partial charge in [-0.15, -0.1) is 13.2 Å². The molecule has 6 nitrogen and oxygen atoms in total. The number of alkyl halides is 3. The van der Waals surface area contributed by atoms with E-state index < -0.39 is 35.6 Å². The lowest BCUT2D eigenvalue weighted by Crippen LogP contribution is -2.29. The van der Waals surface area contributed by atoms with E-state index in [1.807, 2.05) is 0 Å². The SMILES string of the molecule is COc1ccc(/C(O)=C2/C(=O)C(=O)N(c3cccc(OC(F)(F)F)c3)C2c2ccccc2)c(C)c1. The summed E-state index contributed by atoms with van der Waals surface area (Å²) in [5.41, 5.74) is 1.23. The number of hydrogen-bond donors (Lipinski definition) is 1. The van der Waals surface area contributed by atoms with Crippen LogP contribution in [0.3, 0.4) is 0 Å². The van der Waals surface area contributed by atoms with E-state index in [1.165, 1.54) is 19.2 Å². The van der Waals surface area contributed by atoms with Crippen LogP contribution >= 0.6 is 0 Å². The predicted octanol–water partition coefficient (Wildman–Crippen LogP) is 5.53. The Balaban J connectivity index is 1.90. The van der Waals surface area contributed by atoms with Gasteiger partial charge in [-0.25, -0.2) is 0 Å². The number of ether oxygens (including phenoxy) is 2. The number of benzene rings is 3. The highest BCUT2D eigenvalue weighted by Crippen LogP contribution is 2.43. The third-order valence-corrected chi connectivity index (χ3v) is 5.58. The maximum absolute atomic E-state index is 13.2. The van der Waals surface area contributed by atoms with Crippen LogP contribution in [0.1, 0.15) is 22.7 Å². The number of aliphatic hydroxyl groups excluding tert-OH is 1. The summed E-state index contributed by atoms with van der Waals surface area (Å²) in [5, 5.41) is 11.2. The van der Waals surface area contributed by atoms with Crippen LogP contribution in [-0.2, 0) is 9.59 Å². The topological polar surface area (TPSA) is 76.1 Å². The lowest BCUT2D eigenvalue weighted by molar-refractivity contribution is -0.274. The third kappa shape index (κ3) is 4.70. The van der Waals surface area contributed by atoms with Crippen LogP contribution in [0.5, 0.6) is 11.5 Å². The van der Waals surface area contributed by atoms with Gasteiger partial charge in [-0.3, -0.25) is 14.5 Å². The summed E-state index contributed by atoms with van der Waals surface area (Å²) in [7, 11) is 1.49. The van der Waals surface area contributed by atoms with E-state index in [1.54, 1.807) is 55.5 Å². The van der Waals surface area contributed by atoms with E-state index in [4.69, 9.17) is 4.74 Å². The molecule has 1 N–H and O–H groups in total. The standard InChI is InChI=1S/C26H20F3NO5/c1-15-13-18(34-2)11-12-20(15)23(31)21-22(16-7-4-3-5-8-16)30(25(33)24(21)32)17-9-6-10-19(14-17)35-26(27,28)29/h3-14,22,31H,1-2H3/b23-21-. The maximum Gasteiger partial charge on any atom is 0.573 e. The summed E-state index contributed by atoms with van der Waals surface area (Å²) in [4.78, 5) is 27.4. The van der Waals surface area contributed by atoms with E-state index >= 15 is 0 Å². The van der Waals surface area contributed by atoms with Gasteiger partial charge in [-0.05, 0) is 48.4 Å². The molecule has 1 aliphatic heterocycles. The van der Waals surface area contributed by atoms with Crippen molar-refractivity contribution in [3.8, 4) is 11.5 Å². The predicted molar refractivity (Wildman–Crippen MR) is 122 cm³/mol. The number of halogens is 3. The summed E-state index contributed by atoms with van der Waals surface area (Å²) in [6.07, 6.45) is -4.93. The largest absolute Gasteiger partial charge is 0.573 e. The first-order valence-corrected chi connectivity index (χ1v) is 10.5. The molecule has 1 unspecified atom stereocenters. The Labute approximate surface area is 198 Å². The highest BCUT2D eigenvalue weighted by atomic mass is 19.4. The molecular weight excluding hydrogens is 463 g/mol. The molecule has 180 valence electrons. The molecule has 0 radical (unpaired) electrons. The quantitative estimate of drug-likeness (QED) is 0.294. The average molecular weight is 483 g/mol. The Morgan fingerprint density at radius 1 is 0.943 bits per heavy atom. The van der Waals surface area contributed by atoms with Crippen molar-refractivity contribution in [3.05, 3.63) is 95.1 Å². The first-order chi connectivity index (χ1) is 16.6. The van der Waals surface area contributed by atoms with E-state index in [9.17, 15) is 27.9 Å². The molecular formula is C26H20F3NO5. The number of Topliss-reactive ketones (excluding diaryl/α,β-unsaturated/α-hetero) is 1. The number of anilines is 1. The highest BCUT2D eigenvalue weighted by molar-refractivity contribution is 6.51. The molecule has 1 amide bonds. The Kier molecular flexibility index (Phi) is 6.26. The van der Waals surface area contributed by atoms with E-state index in [0.29, 0.717) is 22.4 Å². The monoisotopic (exact) mass is 483 g/mol. The molecule has 1 atom stereocenters. The zero-order valence-corrected chi connectivity index (χ0v) is 18.7. The number of aryl methyl sites for hydroxylation is 1. The van der Waals surface area contributed by atoms with Gasteiger partial charge in [0.15, 0.2) is 0 Å². The van der Waals surface area contributed by atoms with Crippen molar-refractivity contribution in [1.82, 2.24) is 0 Å². The molecule has 1 saturated heterocycles. The molecule has 1 aliphatic rings. The Bertz CT molecular complexity index is 1320. The van der Waals surface area contributed by atoms with Gasteiger partial charge in [0.25, 0.3) is 11.7 Å². The van der Waals surface area contributed by atoms with Gasteiger partial charge in [0.2, 0.25) is 0 Å². The Hall–Kier alpha value is -4.27. The third-order valence-electron chi connectivity index (χ3n) is 5.58. The molecule has 9 heteroatoms. The smallest absolute Gasteiger partial charge is 0.507 e. The second kappa shape index (κ2) is 9.17. The molecule has 0 aliphatic carbocycles. The van der Waals surface area contributed by atoms with Crippen molar-refractivity contribution in [2.45, 2.75) is 19.3 Å². The minimum Gasteiger partial charge on any atom is -0.507 e. The van der Waals surface area contributed by atoms with Gasteiger partial charge in [0.1, 0.15) is 17.3 Å². The van der Waals surface area contributed by atoms with Gasteiger partial charge in [0, 0.05) is 17.3 Å². The van der Waals surface area contributed by atoms with Crippen LogP contribution < -0.4 is 14.4 Å². The second-order valence-electron chi connectivity index (χ2n) is 7.81. The molecule has 3 aromatic rings. The molecule has 0 bridgehead atoms. The van der Waals surface area contributed by atoms with Gasteiger partial charge in [-0.2, -0.15) is 0 Å². The van der Waals surface area contributed by atoms with Crippen molar-refractivity contribution in [2.75, 3.05) is 12.0 Å². The molecule has 1 heterocycles. The number of hydrogen-bond acceptors (Lipinski definition) is 5. The number of carbonyl (C=O) groups excluding carboxylic acids is 2. The normalized spacial score (nSPS) is 17.5. The van der Waals surface area contributed by atoms with Crippen molar-refractivity contribution < 1.29 is 37.3 Å². The Morgan fingerprint density at radius 2 is 1.66 bits per heavy atom. The van der Waals surface area contributed by atoms with Crippen LogP contribution in [0.25, 0.3) is 5.76 Å². The number of aliphatic hydroxyl groups is 1. The summed E-state index contributed by atoms with van der Waals surface area (Å²) in [6, 6.07) is 17.0. The van der Waals surface area contributed by atoms with E-state index in [0.717, 1.165) is 17.0 Å². The lowest BCUT2D eigenvalue weighted by atomic mass is 9.93. The minimum atomic E-state index is -4.93. The molecule has 1 fully saturated rings. The van der Waals surface area contributed by atoms with Gasteiger partial charge in [0.05, 0.1) is 18.7 Å². The van der Waals surface area contributed by atoms with Crippen LogP contribution in [0, 0.1) is 6.92 Å². The molecule has 35 heavy (non-hydrogen) atoms. The first kappa shape index (κ1) is 23.9. The molecule has 0 saturated carbocycles. The fraction of sp³-hybridized carbons (Fsp3) is 0.154. The van der Waals surface area contributed by atoms with Crippen molar-refractivity contribution in [3.63, 3.8) is 0 Å². The summed E-state index contributed by atoms with van der Waals surface area (Å²) < 4.78 is 47.5. The summed E-state index contributed by atoms with van der Waals surface area (Å²) >= 11 is 0. The van der Waals surface area contributed by atoms with E-state index in [2.05, 4.69) is 4.74 Å². The number of amides is 1. The van der Waals surface area contributed by atoms with Crippen molar-refractivity contribution in [1.29, 1.82) is 0 Å². The maximum atomic E-state index is 13.2. The summed E-state index contributed by atoms with van der Waals surface area (Å²) in [5.74, 6) is -2.36. The average Bonchev–Trinajstić information content (AvgIpc) is 3.08. The van der Waals surface area contributed by atoms with Crippen LogP contribution in [0.2, 0.25) is 0 Å². The molecule has 4 rings (SSSR count). The van der Waals surface area contributed by atoms with Crippen LogP contribution in [0.15, 0.2) is 78.4 Å². The molecule has 0 spiro atoms. The fourth-order valence-corrected chi connectivity index (χ4v) is 4.05. The van der Waals surface area contributed by atoms with Gasteiger partial charge in [-0.1, -0.05) is 36.4 Å². The van der Waals surface area contributed by atoms with Crippen LogP contribution in [0.4, 0.5) is 18.9 Å². The molecule has 3 aromatic carbocycles. The first-order valence-electron chi connectivity index (χ1n) is 10.5. The highest BCUT2D eigenvalue weighted by Gasteiger charge is 2.47. The second-order valence-corrected chi connectivity index (χ2v) is 7.81. The zero-order valence-electron chi connectivity index (χ0n) is 18.7. The number of carbonyl (C=O) groups is 2. The number of methoxy groups -OCH3 is 1. The molecule has 0 aromatic heterocycles. The number of rotatable bonds is 5. The number of ketones is 1. The lowest BCUT2D eigenvalue weighted by Gasteiger charge is -2.26. The van der Waals surface area contributed by atoms with Gasteiger partial charge < -0.3 is 14.6 Å². The van der Waals surface area contributed by atoms with Gasteiger partial charge >= 0.3 is 6.36 Å². The summed E-state index contributed by atoms with van der Waals surface area (Å²) in [6.45, 7) is 1.71. The zero-order chi connectivity index (χ0) is 25.3. The van der Waals surface area contributed by atoms with Crippen LogP contribution in [-0.4, -0.2) is 30.3 Å². The Morgan fingerprint density at radius 3 is 2.29 bits per heavy atom. The van der Waals surface area contributed by atoms with E-state index in [-0.39, 0.29) is 11.3 Å². The van der Waals surface area contributed by atoms with Crippen molar-refractivity contribution >= 4 is 23.1 Å². The number of nitrogens with zero attached hydrogens (tertiary/aromatic N) is 1. The van der Waals surface area contributed by atoms with Crippen molar-refractivity contribution in [2.24, 2.45) is 0 Å².